The van der Waals surface area contributed by atoms with Crippen LogP contribution in [0.1, 0.15) is 47.2 Å². The first-order chi connectivity index (χ1) is 19.4. The van der Waals surface area contributed by atoms with Crippen molar-refractivity contribution in [2.75, 3.05) is 44.4 Å². The third kappa shape index (κ3) is 7.23. The molecule has 0 aromatic carbocycles. The van der Waals surface area contributed by atoms with E-state index in [1.165, 1.54) is 11.3 Å². The molecule has 0 bridgehead atoms. The minimum Gasteiger partial charge on any atom is -0.395 e. The number of amides is 2. The molecule has 0 saturated carbocycles. The van der Waals surface area contributed by atoms with E-state index < -0.39 is 0 Å². The summed E-state index contributed by atoms with van der Waals surface area (Å²) in [5.74, 6) is 1.05. The van der Waals surface area contributed by atoms with Gasteiger partial charge in [0, 0.05) is 49.5 Å². The second kappa shape index (κ2) is 14.0. The molecule has 5 rings (SSSR count). The van der Waals surface area contributed by atoms with Gasteiger partial charge in [0.1, 0.15) is 17.2 Å². The van der Waals surface area contributed by atoms with Crippen LogP contribution in [0.5, 0.6) is 0 Å². The number of pyridine rings is 2. The highest BCUT2D eigenvalue weighted by molar-refractivity contribution is 7.08. The minimum absolute atomic E-state index is 0.119. The van der Waals surface area contributed by atoms with E-state index in [-0.39, 0.29) is 25.0 Å². The summed E-state index contributed by atoms with van der Waals surface area (Å²) in [6.07, 6.45) is 3.47. The number of morpholine rings is 1. The SMILES string of the molecule is CC(C)C.O=C(NCc1ccc(N2CCOCC2)nc1)c1cccn2c(C(=O)NCCO)c(-c3ccsc3)nc12. The van der Waals surface area contributed by atoms with E-state index in [9.17, 15) is 9.59 Å². The van der Waals surface area contributed by atoms with Crippen LogP contribution < -0.4 is 15.5 Å². The highest BCUT2D eigenvalue weighted by Gasteiger charge is 2.24. The van der Waals surface area contributed by atoms with Crippen LogP contribution in [0.15, 0.2) is 53.5 Å². The normalized spacial score (nSPS) is 13.2. The van der Waals surface area contributed by atoms with Crippen LogP contribution >= 0.6 is 11.3 Å². The number of aromatic nitrogens is 3. The molecule has 0 aliphatic carbocycles. The van der Waals surface area contributed by atoms with Crippen molar-refractivity contribution in [3.05, 3.63) is 70.3 Å². The van der Waals surface area contributed by atoms with Gasteiger partial charge in [-0.15, -0.1) is 0 Å². The summed E-state index contributed by atoms with van der Waals surface area (Å²) < 4.78 is 7.01. The topological polar surface area (TPSA) is 121 Å². The molecular weight excluding hydrogens is 528 g/mol. The zero-order chi connectivity index (χ0) is 28.5. The van der Waals surface area contributed by atoms with Gasteiger partial charge in [0.05, 0.1) is 25.4 Å². The molecule has 5 heterocycles. The van der Waals surface area contributed by atoms with Gasteiger partial charge in [-0.2, -0.15) is 11.3 Å². The summed E-state index contributed by atoms with van der Waals surface area (Å²) in [6.45, 7) is 9.75. The zero-order valence-electron chi connectivity index (χ0n) is 23.1. The fourth-order valence-electron chi connectivity index (χ4n) is 4.09. The first-order valence-corrected chi connectivity index (χ1v) is 14.3. The number of aliphatic hydroxyl groups excluding tert-OH is 1. The van der Waals surface area contributed by atoms with Gasteiger partial charge in [-0.25, -0.2) is 9.97 Å². The summed E-state index contributed by atoms with van der Waals surface area (Å²) in [4.78, 5) is 37.5. The Morgan fingerprint density at radius 3 is 2.52 bits per heavy atom. The van der Waals surface area contributed by atoms with Gasteiger partial charge in [0.25, 0.3) is 11.8 Å². The van der Waals surface area contributed by atoms with E-state index in [1.807, 2.05) is 29.0 Å². The van der Waals surface area contributed by atoms with E-state index in [4.69, 9.17) is 9.84 Å². The number of fused-ring (bicyclic) bond motifs is 1. The monoisotopic (exact) mass is 564 g/mol. The maximum atomic E-state index is 13.2. The lowest BCUT2D eigenvalue weighted by Crippen LogP contribution is -2.36. The molecular formula is C29H36N6O4S. The van der Waals surface area contributed by atoms with Crippen molar-refractivity contribution in [2.45, 2.75) is 27.3 Å². The molecule has 1 saturated heterocycles. The Morgan fingerprint density at radius 1 is 1.10 bits per heavy atom. The Kier molecular flexibility index (Phi) is 10.2. The minimum atomic E-state index is -0.373. The van der Waals surface area contributed by atoms with Crippen LogP contribution in [0, 0.1) is 5.92 Å². The first kappa shape index (κ1) is 29.2. The van der Waals surface area contributed by atoms with Crippen LogP contribution in [0.25, 0.3) is 16.9 Å². The smallest absolute Gasteiger partial charge is 0.270 e. The highest BCUT2D eigenvalue weighted by atomic mass is 32.1. The van der Waals surface area contributed by atoms with Crippen molar-refractivity contribution < 1.29 is 19.4 Å². The number of hydrogen-bond acceptors (Lipinski definition) is 8. The molecule has 0 unspecified atom stereocenters. The highest BCUT2D eigenvalue weighted by Crippen LogP contribution is 2.28. The van der Waals surface area contributed by atoms with Crippen molar-refractivity contribution in [1.29, 1.82) is 0 Å². The fourth-order valence-corrected chi connectivity index (χ4v) is 4.73. The number of ether oxygens (including phenoxy) is 1. The van der Waals surface area contributed by atoms with Gasteiger partial charge in [0.2, 0.25) is 0 Å². The van der Waals surface area contributed by atoms with E-state index in [2.05, 4.69) is 46.3 Å². The van der Waals surface area contributed by atoms with Crippen molar-refractivity contribution in [2.24, 2.45) is 5.92 Å². The molecule has 1 aliphatic heterocycles. The fraction of sp³-hybridized carbons (Fsp3) is 0.379. The van der Waals surface area contributed by atoms with E-state index in [0.717, 1.165) is 36.0 Å². The van der Waals surface area contributed by atoms with Crippen molar-refractivity contribution in [1.82, 2.24) is 25.0 Å². The number of rotatable bonds is 8. The quantitative estimate of drug-likeness (QED) is 0.299. The summed E-state index contributed by atoms with van der Waals surface area (Å²) in [5.41, 5.74) is 3.19. The van der Waals surface area contributed by atoms with Crippen LogP contribution in [-0.2, 0) is 11.3 Å². The lowest BCUT2D eigenvalue weighted by Gasteiger charge is -2.27. The Balaban J connectivity index is 0.000000867. The van der Waals surface area contributed by atoms with Gasteiger partial charge in [-0.1, -0.05) is 26.8 Å². The van der Waals surface area contributed by atoms with Gasteiger partial charge >= 0.3 is 0 Å². The Hall–Kier alpha value is -3.80. The van der Waals surface area contributed by atoms with Crippen LogP contribution in [-0.4, -0.2) is 70.7 Å². The van der Waals surface area contributed by atoms with E-state index in [0.29, 0.717) is 42.4 Å². The number of carbonyl (C=O) groups is 2. The van der Waals surface area contributed by atoms with Crippen molar-refractivity contribution >= 4 is 34.6 Å². The van der Waals surface area contributed by atoms with Crippen LogP contribution in [0.3, 0.4) is 0 Å². The third-order valence-electron chi connectivity index (χ3n) is 5.90. The van der Waals surface area contributed by atoms with Gasteiger partial charge in [-0.3, -0.25) is 14.0 Å². The predicted octanol–water partition coefficient (Wildman–Crippen LogP) is 3.61. The molecule has 0 radical (unpaired) electrons. The molecule has 11 heteroatoms. The standard InChI is InChI=1S/C25H26N6O4S.C4H10/c32-10-6-26-25(34)22-21(18-5-13-36-16-18)29-23-19(2-1-7-31(22)23)24(33)28-15-17-3-4-20(27-14-17)30-8-11-35-12-9-30;1-4(2)3/h1-5,7,13-14,16,32H,6,8-12,15H2,(H,26,34)(H,28,33);4H,1-3H3. The lowest BCUT2D eigenvalue weighted by molar-refractivity contribution is 0.0934. The molecule has 40 heavy (non-hydrogen) atoms. The molecule has 0 atom stereocenters. The number of nitrogens with zero attached hydrogens (tertiary/aromatic N) is 4. The van der Waals surface area contributed by atoms with E-state index in [1.54, 1.807) is 28.9 Å². The average molecular weight is 565 g/mol. The summed E-state index contributed by atoms with van der Waals surface area (Å²) >= 11 is 1.49. The Labute approximate surface area is 238 Å². The van der Waals surface area contributed by atoms with Crippen molar-refractivity contribution in [3.8, 4) is 11.3 Å². The maximum absolute atomic E-state index is 13.2. The molecule has 10 nitrogen and oxygen atoms in total. The Morgan fingerprint density at radius 2 is 1.88 bits per heavy atom. The molecule has 1 fully saturated rings. The summed E-state index contributed by atoms with van der Waals surface area (Å²) in [6, 6.07) is 9.17. The average Bonchev–Trinajstić information content (AvgIpc) is 3.63. The van der Waals surface area contributed by atoms with Crippen LogP contribution in [0.2, 0.25) is 0 Å². The number of hydrogen-bond donors (Lipinski definition) is 3. The lowest BCUT2D eigenvalue weighted by atomic mass is 10.2. The maximum Gasteiger partial charge on any atom is 0.270 e. The zero-order valence-corrected chi connectivity index (χ0v) is 23.9. The number of nitrogens with one attached hydrogen (secondary N) is 2. The van der Waals surface area contributed by atoms with E-state index >= 15 is 0 Å². The molecule has 0 spiro atoms. The first-order valence-electron chi connectivity index (χ1n) is 13.4. The molecule has 4 aromatic heterocycles. The molecule has 212 valence electrons. The van der Waals surface area contributed by atoms with Gasteiger partial charge in [-0.05, 0) is 41.1 Å². The summed E-state index contributed by atoms with van der Waals surface area (Å²) in [5, 5.41) is 18.6. The predicted molar refractivity (Wildman–Crippen MR) is 157 cm³/mol. The summed E-state index contributed by atoms with van der Waals surface area (Å²) in [7, 11) is 0. The second-order valence-corrected chi connectivity index (χ2v) is 10.7. The molecule has 4 aromatic rings. The number of thiophene rings is 1. The molecule has 1 aliphatic rings. The van der Waals surface area contributed by atoms with Crippen molar-refractivity contribution in [3.63, 3.8) is 0 Å². The van der Waals surface area contributed by atoms with Gasteiger partial charge in [0.15, 0.2) is 5.65 Å². The second-order valence-electron chi connectivity index (χ2n) is 9.95. The third-order valence-corrected chi connectivity index (χ3v) is 6.58. The number of imidazole rings is 1. The molecule has 3 N–H and O–H groups in total. The number of anilines is 1. The molecule has 2 amide bonds. The van der Waals surface area contributed by atoms with Crippen LogP contribution in [0.4, 0.5) is 5.82 Å². The largest absolute Gasteiger partial charge is 0.395 e. The van der Waals surface area contributed by atoms with Gasteiger partial charge < -0.3 is 25.4 Å². The number of aliphatic hydroxyl groups is 1. The Bertz CT molecular complexity index is 1390. The number of carbonyl (C=O) groups excluding carboxylic acids is 2.